The predicted octanol–water partition coefficient (Wildman–Crippen LogP) is 4.69. The van der Waals surface area contributed by atoms with E-state index in [0.717, 1.165) is 0 Å². The molecule has 3 rings (SSSR count). The van der Waals surface area contributed by atoms with Gasteiger partial charge in [0.2, 0.25) is 15.9 Å². The van der Waals surface area contributed by atoms with Crippen molar-refractivity contribution in [1.29, 1.82) is 0 Å². The zero-order chi connectivity index (χ0) is 35.1. The minimum Gasteiger partial charge on any atom is -0.490 e. The summed E-state index contributed by atoms with van der Waals surface area (Å²) < 4.78 is 83.6. The smallest absolute Gasteiger partial charge is 0.389 e. The Morgan fingerprint density at radius 3 is 2.55 bits per heavy atom. The topological polar surface area (TPSA) is 152 Å². The first-order chi connectivity index (χ1) is 21.9. The molecule has 0 fully saturated rings. The molecule has 47 heavy (non-hydrogen) atoms. The highest BCUT2D eigenvalue weighted by Gasteiger charge is 2.34. The lowest BCUT2D eigenvalue weighted by molar-refractivity contribution is -0.142. The number of aliphatic hydroxyl groups excluding tert-OH is 1. The second-order valence-corrected chi connectivity index (χ2v) is 14.1. The Bertz CT molecular complexity index is 1460. The number of halogens is 3. The number of nitrogens with one attached hydrogen (secondary N) is 1. The van der Waals surface area contributed by atoms with Crippen LogP contribution in [0.25, 0.3) is 0 Å². The summed E-state index contributed by atoms with van der Waals surface area (Å²) in [7, 11) is -2.57. The molecule has 16 heteroatoms. The number of likely N-dealkylation sites (N-methyl/N-ethyl adjacent to an activating group) is 1. The van der Waals surface area contributed by atoms with Crippen LogP contribution >= 0.6 is 0 Å². The van der Waals surface area contributed by atoms with Crippen LogP contribution in [0.4, 0.5) is 18.9 Å². The lowest BCUT2D eigenvalue weighted by Gasteiger charge is -2.35. The van der Waals surface area contributed by atoms with Gasteiger partial charge in [-0.25, -0.2) is 8.42 Å². The Kier molecular flexibility index (Phi) is 13.2. The molecule has 2 heterocycles. The number of aryl methyl sites for hydroxylation is 2. The van der Waals surface area contributed by atoms with E-state index in [2.05, 4.69) is 10.5 Å². The maximum atomic E-state index is 14.2. The Labute approximate surface area is 273 Å². The van der Waals surface area contributed by atoms with E-state index in [0.29, 0.717) is 25.9 Å². The van der Waals surface area contributed by atoms with E-state index < -0.39 is 65.5 Å². The molecule has 4 atom stereocenters. The van der Waals surface area contributed by atoms with Crippen molar-refractivity contribution in [2.45, 2.75) is 96.0 Å². The monoisotopic (exact) mass is 690 g/mol. The first-order valence-corrected chi connectivity index (χ1v) is 17.0. The third-order valence-electron chi connectivity index (χ3n) is 8.04. The molecule has 1 aromatic heterocycles. The molecule has 0 bridgehead atoms. The SMILES string of the molecule is Cc1noc(C)c1S(=O)(=O)N(C)C[C@H]1OCCCC[C@H](C)Oc2ccc(NC(=O)CCC(F)(F)F)cc2C(=O)N([C@H](C)CO)C[C@@H]1C. The fourth-order valence-electron chi connectivity index (χ4n) is 5.29. The quantitative estimate of drug-likeness (QED) is 0.382. The Morgan fingerprint density at radius 1 is 1.23 bits per heavy atom. The zero-order valence-corrected chi connectivity index (χ0v) is 28.4. The summed E-state index contributed by atoms with van der Waals surface area (Å²) in [6.07, 6.45) is -5.60. The molecule has 12 nitrogen and oxygen atoms in total. The van der Waals surface area contributed by atoms with Crippen LogP contribution in [0.1, 0.15) is 74.7 Å². The molecule has 0 radical (unpaired) electrons. The highest BCUT2D eigenvalue weighted by atomic mass is 32.2. The highest BCUT2D eigenvalue weighted by Crippen LogP contribution is 2.30. The van der Waals surface area contributed by atoms with Crippen molar-refractivity contribution in [1.82, 2.24) is 14.4 Å². The normalized spacial score (nSPS) is 21.1. The lowest BCUT2D eigenvalue weighted by atomic mass is 10.0. The molecule has 2 amide bonds. The van der Waals surface area contributed by atoms with Crippen molar-refractivity contribution in [3.63, 3.8) is 0 Å². The minimum absolute atomic E-state index is 0.0221. The summed E-state index contributed by atoms with van der Waals surface area (Å²) in [5.41, 5.74) is 0.387. The number of amides is 2. The maximum Gasteiger partial charge on any atom is 0.389 e. The molecule has 1 aliphatic rings. The molecule has 0 unspecified atom stereocenters. The van der Waals surface area contributed by atoms with E-state index in [-0.39, 0.29) is 52.5 Å². The number of nitrogens with zero attached hydrogens (tertiary/aromatic N) is 3. The zero-order valence-electron chi connectivity index (χ0n) is 27.6. The Morgan fingerprint density at radius 2 is 1.94 bits per heavy atom. The van der Waals surface area contributed by atoms with Crippen LogP contribution < -0.4 is 10.1 Å². The van der Waals surface area contributed by atoms with E-state index in [1.54, 1.807) is 13.8 Å². The molecule has 0 saturated carbocycles. The van der Waals surface area contributed by atoms with E-state index >= 15 is 0 Å². The molecular weight excluding hydrogens is 645 g/mol. The number of benzene rings is 1. The summed E-state index contributed by atoms with van der Waals surface area (Å²) in [5.74, 6) is -1.48. The fourth-order valence-corrected chi connectivity index (χ4v) is 6.76. The van der Waals surface area contributed by atoms with Crippen LogP contribution in [0, 0.1) is 19.8 Å². The van der Waals surface area contributed by atoms with Gasteiger partial charge >= 0.3 is 6.18 Å². The van der Waals surface area contributed by atoms with Gasteiger partial charge in [0.05, 0.1) is 36.8 Å². The van der Waals surface area contributed by atoms with Gasteiger partial charge in [-0.3, -0.25) is 9.59 Å². The molecule has 0 saturated heterocycles. The van der Waals surface area contributed by atoms with Crippen molar-refractivity contribution < 1.29 is 50.3 Å². The fraction of sp³-hybridized carbons (Fsp3) is 0.645. The van der Waals surface area contributed by atoms with Crippen LogP contribution in [-0.4, -0.2) is 97.5 Å². The van der Waals surface area contributed by atoms with Gasteiger partial charge in [0.15, 0.2) is 5.76 Å². The number of ether oxygens (including phenoxy) is 2. The first-order valence-electron chi connectivity index (χ1n) is 15.5. The molecule has 1 aromatic carbocycles. The average molecular weight is 691 g/mol. The van der Waals surface area contributed by atoms with Gasteiger partial charge < -0.3 is 29.3 Å². The number of anilines is 1. The van der Waals surface area contributed by atoms with Crippen molar-refractivity contribution in [3.05, 3.63) is 35.2 Å². The standard InChI is InChI=1S/C31H45F3N4O8S/c1-19-16-38(20(2)18-39)30(41)25-15-24(35-28(40)12-13-31(32,33)34)10-11-26(25)45-21(3)9-7-8-14-44-27(19)17-37(6)47(42,43)29-22(4)36-46-23(29)5/h10-11,15,19-21,27,39H,7-9,12-14,16-18H2,1-6H3,(H,35,40)/t19-,20+,21-,27+/m0/s1. The minimum atomic E-state index is -4.50. The summed E-state index contributed by atoms with van der Waals surface area (Å²) in [6.45, 7) is 8.28. The van der Waals surface area contributed by atoms with Gasteiger partial charge in [-0.2, -0.15) is 17.5 Å². The van der Waals surface area contributed by atoms with Crippen LogP contribution in [0.15, 0.2) is 27.6 Å². The predicted molar refractivity (Wildman–Crippen MR) is 167 cm³/mol. The molecule has 264 valence electrons. The Hall–Kier alpha value is -3.21. The number of sulfonamides is 1. The highest BCUT2D eigenvalue weighted by molar-refractivity contribution is 7.89. The number of fused-ring (bicyclic) bond motifs is 1. The van der Waals surface area contributed by atoms with Crippen LogP contribution in [-0.2, 0) is 19.6 Å². The van der Waals surface area contributed by atoms with Crippen molar-refractivity contribution in [2.24, 2.45) is 5.92 Å². The first kappa shape index (κ1) is 38.2. The maximum absolute atomic E-state index is 14.2. The van der Waals surface area contributed by atoms with Crippen molar-refractivity contribution >= 4 is 27.5 Å². The van der Waals surface area contributed by atoms with Gasteiger partial charge in [0.25, 0.3) is 5.91 Å². The molecule has 2 N–H and O–H groups in total. The molecule has 0 aliphatic carbocycles. The second kappa shape index (κ2) is 16.3. The number of carbonyl (C=O) groups excluding carboxylic acids is 2. The van der Waals surface area contributed by atoms with Crippen LogP contribution in [0.2, 0.25) is 0 Å². The molecule has 0 spiro atoms. The van der Waals surface area contributed by atoms with E-state index in [1.165, 1.54) is 41.4 Å². The number of hydrogen-bond acceptors (Lipinski definition) is 9. The molecular formula is C31H45F3N4O8S. The lowest BCUT2D eigenvalue weighted by Crippen LogP contribution is -2.48. The van der Waals surface area contributed by atoms with E-state index in [1.807, 2.05) is 13.8 Å². The van der Waals surface area contributed by atoms with Crippen molar-refractivity contribution in [2.75, 3.05) is 38.7 Å². The summed E-state index contributed by atoms with van der Waals surface area (Å²) in [4.78, 5) is 27.8. The summed E-state index contributed by atoms with van der Waals surface area (Å²) in [6, 6.07) is 3.59. The summed E-state index contributed by atoms with van der Waals surface area (Å²) >= 11 is 0. The van der Waals surface area contributed by atoms with Gasteiger partial charge in [0.1, 0.15) is 16.3 Å². The van der Waals surface area contributed by atoms with Crippen LogP contribution in [0.3, 0.4) is 0 Å². The number of aromatic nitrogens is 1. The van der Waals surface area contributed by atoms with Crippen molar-refractivity contribution in [3.8, 4) is 5.75 Å². The van der Waals surface area contributed by atoms with Gasteiger partial charge in [-0.1, -0.05) is 12.1 Å². The molecule has 2 aromatic rings. The number of hydrogen-bond donors (Lipinski definition) is 2. The Balaban J connectivity index is 1.95. The number of carbonyl (C=O) groups is 2. The van der Waals surface area contributed by atoms with Gasteiger partial charge in [-0.05, 0) is 65.2 Å². The van der Waals surface area contributed by atoms with Crippen LogP contribution in [0.5, 0.6) is 5.75 Å². The van der Waals surface area contributed by atoms with Gasteiger partial charge in [0, 0.05) is 44.8 Å². The number of alkyl halides is 3. The largest absolute Gasteiger partial charge is 0.490 e. The van der Waals surface area contributed by atoms with Gasteiger partial charge in [-0.15, -0.1) is 0 Å². The third kappa shape index (κ3) is 10.4. The number of rotatable bonds is 9. The van der Waals surface area contributed by atoms with E-state index in [4.69, 9.17) is 14.0 Å². The number of aliphatic hydroxyl groups is 1. The summed E-state index contributed by atoms with van der Waals surface area (Å²) in [5, 5.41) is 16.3. The second-order valence-electron chi connectivity index (χ2n) is 12.1. The average Bonchev–Trinajstić information content (AvgIpc) is 3.35. The van der Waals surface area contributed by atoms with E-state index in [9.17, 15) is 36.3 Å². The molecule has 1 aliphatic heterocycles. The third-order valence-corrected chi connectivity index (χ3v) is 10.1.